The van der Waals surface area contributed by atoms with Crippen molar-refractivity contribution < 1.29 is 14.7 Å². The Labute approximate surface area is 126 Å². The summed E-state index contributed by atoms with van der Waals surface area (Å²) in [6.07, 6.45) is 4.95. The second-order valence-corrected chi connectivity index (χ2v) is 6.58. The molecule has 110 valence electrons. The van der Waals surface area contributed by atoms with E-state index in [-0.39, 0.29) is 5.91 Å². The molecule has 1 fully saturated rings. The normalized spacial score (nSPS) is 26.2. The minimum absolute atomic E-state index is 0.228. The summed E-state index contributed by atoms with van der Waals surface area (Å²) in [6, 6.07) is 1.73. The molecule has 1 aliphatic carbocycles. The predicted molar refractivity (Wildman–Crippen MR) is 78.6 cm³/mol. The van der Waals surface area contributed by atoms with E-state index >= 15 is 0 Å². The second kappa shape index (κ2) is 5.60. The van der Waals surface area contributed by atoms with Crippen LogP contribution in [0.2, 0.25) is 0 Å². The van der Waals surface area contributed by atoms with E-state index < -0.39 is 17.4 Å². The van der Waals surface area contributed by atoms with E-state index in [1.807, 2.05) is 6.92 Å². The largest absolute Gasteiger partial charge is 0.481 e. The first-order valence-corrected chi connectivity index (χ1v) is 7.50. The SMILES string of the molecule is Cn1cc(Br)cc1C(=O)NC1(C)CCCCC1C(=O)O. The van der Waals surface area contributed by atoms with E-state index in [4.69, 9.17) is 0 Å². The molecule has 2 N–H and O–H groups in total. The molecule has 5 nitrogen and oxygen atoms in total. The lowest BCUT2D eigenvalue weighted by atomic mass is 9.74. The van der Waals surface area contributed by atoms with Crippen molar-refractivity contribution in [2.75, 3.05) is 0 Å². The van der Waals surface area contributed by atoms with Crippen molar-refractivity contribution in [1.29, 1.82) is 0 Å². The van der Waals surface area contributed by atoms with E-state index in [1.165, 1.54) is 0 Å². The predicted octanol–water partition coefficient (Wildman–Crippen LogP) is 2.55. The lowest BCUT2D eigenvalue weighted by Crippen LogP contribution is -2.55. The van der Waals surface area contributed by atoms with E-state index in [1.54, 1.807) is 23.9 Å². The summed E-state index contributed by atoms with van der Waals surface area (Å²) in [5.74, 6) is -1.58. The molecular weight excluding hydrogens is 324 g/mol. The maximum Gasteiger partial charge on any atom is 0.308 e. The van der Waals surface area contributed by atoms with Gasteiger partial charge in [-0.1, -0.05) is 12.8 Å². The van der Waals surface area contributed by atoms with Crippen molar-refractivity contribution in [2.45, 2.75) is 38.1 Å². The molecule has 1 heterocycles. The number of amides is 1. The molecule has 1 amide bonds. The Morgan fingerprint density at radius 1 is 1.50 bits per heavy atom. The van der Waals surface area contributed by atoms with Gasteiger partial charge < -0.3 is 15.0 Å². The number of carbonyl (C=O) groups excluding carboxylic acids is 1. The maximum atomic E-state index is 12.4. The minimum atomic E-state index is -0.833. The molecule has 20 heavy (non-hydrogen) atoms. The zero-order valence-electron chi connectivity index (χ0n) is 11.6. The zero-order valence-corrected chi connectivity index (χ0v) is 13.2. The molecular formula is C14H19BrN2O3. The minimum Gasteiger partial charge on any atom is -0.481 e. The van der Waals surface area contributed by atoms with Crippen molar-refractivity contribution >= 4 is 27.8 Å². The molecule has 1 aromatic heterocycles. The van der Waals surface area contributed by atoms with E-state index in [2.05, 4.69) is 21.2 Å². The molecule has 0 aromatic carbocycles. The van der Waals surface area contributed by atoms with Crippen molar-refractivity contribution in [3.8, 4) is 0 Å². The number of hydrogen-bond donors (Lipinski definition) is 2. The third-order valence-electron chi connectivity index (χ3n) is 4.11. The van der Waals surface area contributed by atoms with Crippen molar-refractivity contribution in [1.82, 2.24) is 9.88 Å². The van der Waals surface area contributed by atoms with Gasteiger partial charge in [0.15, 0.2) is 0 Å². The summed E-state index contributed by atoms with van der Waals surface area (Å²) in [6.45, 7) is 1.83. The van der Waals surface area contributed by atoms with Gasteiger partial charge in [-0.3, -0.25) is 9.59 Å². The van der Waals surface area contributed by atoms with Crippen molar-refractivity contribution in [3.05, 3.63) is 22.4 Å². The highest BCUT2D eigenvalue weighted by Crippen LogP contribution is 2.34. The van der Waals surface area contributed by atoms with Crippen LogP contribution in [0.25, 0.3) is 0 Å². The summed E-state index contributed by atoms with van der Waals surface area (Å²) >= 11 is 3.33. The first kappa shape index (κ1) is 15.1. The molecule has 1 aliphatic rings. The average molecular weight is 343 g/mol. The van der Waals surface area contributed by atoms with Gasteiger partial charge in [0.2, 0.25) is 0 Å². The van der Waals surface area contributed by atoms with Gasteiger partial charge in [-0.15, -0.1) is 0 Å². The number of aromatic nitrogens is 1. The van der Waals surface area contributed by atoms with Crippen LogP contribution >= 0.6 is 15.9 Å². The van der Waals surface area contributed by atoms with Gasteiger partial charge in [0.1, 0.15) is 5.69 Å². The van der Waals surface area contributed by atoms with E-state index in [0.717, 1.165) is 17.3 Å². The number of carbonyl (C=O) groups is 2. The van der Waals surface area contributed by atoms with Crippen LogP contribution in [-0.2, 0) is 11.8 Å². The molecule has 2 unspecified atom stereocenters. The molecule has 1 aromatic rings. The summed E-state index contributed by atoms with van der Waals surface area (Å²) in [5, 5.41) is 12.3. The van der Waals surface area contributed by atoms with Crippen LogP contribution < -0.4 is 5.32 Å². The van der Waals surface area contributed by atoms with Crippen LogP contribution in [0, 0.1) is 5.92 Å². The van der Waals surface area contributed by atoms with Crippen LogP contribution in [-0.4, -0.2) is 27.1 Å². The van der Waals surface area contributed by atoms with Crippen LogP contribution in [0.1, 0.15) is 43.1 Å². The van der Waals surface area contributed by atoms with Gasteiger partial charge in [0.25, 0.3) is 5.91 Å². The van der Waals surface area contributed by atoms with Crippen molar-refractivity contribution in [2.24, 2.45) is 13.0 Å². The Kier molecular flexibility index (Phi) is 4.22. The summed E-state index contributed by atoms with van der Waals surface area (Å²) in [5.41, 5.74) is -0.162. The number of carboxylic acid groups (broad SMARTS) is 1. The van der Waals surface area contributed by atoms with Gasteiger partial charge in [0, 0.05) is 17.7 Å². The van der Waals surface area contributed by atoms with E-state index in [9.17, 15) is 14.7 Å². The second-order valence-electron chi connectivity index (χ2n) is 5.66. The molecule has 0 bridgehead atoms. The first-order valence-electron chi connectivity index (χ1n) is 6.71. The first-order chi connectivity index (χ1) is 9.33. The average Bonchev–Trinajstić information content (AvgIpc) is 2.68. The van der Waals surface area contributed by atoms with Crippen LogP contribution in [0.4, 0.5) is 0 Å². The lowest BCUT2D eigenvalue weighted by Gasteiger charge is -2.39. The number of halogens is 1. The van der Waals surface area contributed by atoms with Gasteiger partial charge >= 0.3 is 5.97 Å². The smallest absolute Gasteiger partial charge is 0.308 e. The topological polar surface area (TPSA) is 71.3 Å². The summed E-state index contributed by atoms with van der Waals surface area (Å²) < 4.78 is 2.55. The number of carboxylic acids is 1. The fraction of sp³-hybridized carbons (Fsp3) is 0.571. The van der Waals surface area contributed by atoms with Gasteiger partial charge in [0.05, 0.1) is 11.5 Å². The molecule has 6 heteroatoms. The molecule has 2 rings (SSSR count). The third-order valence-corrected chi connectivity index (χ3v) is 4.54. The zero-order chi connectivity index (χ0) is 14.9. The van der Waals surface area contributed by atoms with Gasteiger partial charge in [-0.2, -0.15) is 0 Å². The number of hydrogen-bond acceptors (Lipinski definition) is 2. The van der Waals surface area contributed by atoms with Crippen LogP contribution in [0.15, 0.2) is 16.7 Å². The van der Waals surface area contributed by atoms with E-state index in [0.29, 0.717) is 18.5 Å². The van der Waals surface area contributed by atoms with Gasteiger partial charge in [-0.25, -0.2) is 0 Å². The quantitative estimate of drug-likeness (QED) is 0.886. The molecule has 0 aliphatic heterocycles. The molecule has 1 saturated carbocycles. The molecule has 2 atom stereocenters. The number of aryl methyl sites for hydroxylation is 1. The summed E-state index contributed by atoms with van der Waals surface area (Å²) in [7, 11) is 1.79. The van der Waals surface area contributed by atoms with Crippen LogP contribution in [0.3, 0.4) is 0 Å². The number of nitrogens with one attached hydrogen (secondary N) is 1. The Hall–Kier alpha value is -1.30. The number of aliphatic carboxylic acids is 1. The lowest BCUT2D eigenvalue weighted by molar-refractivity contribution is -0.145. The molecule has 0 saturated heterocycles. The Balaban J connectivity index is 2.20. The maximum absolute atomic E-state index is 12.4. The van der Waals surface area contributed by atoms with Crippen LogP contribution in [0.5, 0.6) is 0 Å². The highest BCUT2D eigenvalue weighted by Gasteiger charge is 2.42. The summed E-state index contributed by atoms with van der Waals surface area (Å²) in [4.78, 5) is 23.8. The number of nitrogens with zero attached hydrogens (tertiary/aromatic N) is 1. The Bertz CT molecular complexity index is 541. The Morgan fingerprint density at radius 3 is 2.75 bits per heavy atom. The number of rotatable bonds is 3. The molecule has 0 spiro atoms. The highest BCUT2D eigenvalue weighted by atomic mass is 79.9. The fourth-order valence-corrected chi connectivity index (χ4v) is 3.48. The van der Waals surface area contributed by atoms with Crippen molar-refractivity contribution in [3.63, 3.8) is 0 Å². The fourth-order valence-electron chi connectivity index (χ4n) is 2.95. The molecule has 0 radical (unpaired) electrons. The monoisotopic (exact) mass is 342 g/mol. The highest BCUT2D eigenvalue weighted by molar-refractivity contribution is 9.10. The van der Waals surface area contributed by atoms with Gasteiger partial charge in [-0.05, 0) is 41.8 Å². The third kappa shape index (κ3) is 2.90. The Morgan fingerprint density at radius 2 is 2.20 bits per heavy atom. The standard InChI is InChI=1S/C14H19BrN2O3/c1-14(6-4-3-5-10(14)13(19)20)16-12(18)11-7-9(15)8-17(11)2/h7-8,10H,3-6H2,1-2H3,(H,16,18)(H,19,20).